The van der Waals surface area contributed by atoms with E-state index < -0.39 is 11.5 Å². The summed E-state index contributed by atoms with van der Waals surface area (Å²) in [4.78, 5) is 28.0. The van der Waals surface area contributed by atoms with Gasteiger partial charge in [-0.1, -0.05) is 0 Å². The molecule has 1 rings (SSSR count). The number of hydrogen-bond donors (Lipinski definition) is 1. The molecule has 12 heavy (non-hydrogen) atoms. The second-order valence-corrected chi connectivity index (χ2v) is 2.20. The first-order valence-corrected chi connectivity index (χ1v) is 3.29. The number of hydrogen-bond acceptors (Lipinski definition) is 4. The number of esters is 1. The first-order valence-electron chi connectivity index (χ1n) is 3.29. The van der Waals surface area contributed by atoms with Crippen LogP contribution in [0.5, 0.6) is 0 Å². The van der Waals surface area contributed by atoms with Crippen LogP contribution >= 0.6 is 0 Å². The largest absolute Gasteiger partial charge is 0.465 e. The van der Waals surface area contributed by atoms with Gasteiger partial charge < -0.3 is 9.72 Å². The van der Waals surface area contributed by atoms with Gasteiger partial charge in [-0.3, -0.25) is 4.79 Å². The van der Waals surface area contributed by atoms with Crippen molar-refractivity contribution in [3.63, 3.8) is 0 Å². The highest BCUT2D eigenvalue weighted by Gasteiger charge is 2.10. The van der Waals surface area contributed by atoms with E-state index in [4.69, 9.17) is 0 Å². The van der Waals surface area contributed by atoms with E-state index in [-0.39, 0.29) is 5.56 Å². The summed E-state index contributed by atoms with van der Waals surface area (Å²) in [6, 6.07) is 0. The summed E-state index contributed by atoms with van der Waals surface area (Å²) in [6.07, 6.45) is 1.19. The summed E-state index contributed by atoms with van der Waals surface area (Å²) in [7, 11) is 1.21. The summed E-state index contributed by atoms with van der Waals surface area (Å²) >= 11 is 0. The standard InChI is InChI=1S/C7H8N2O3/c1-4-8-3-5(6(10)9-4)7(11)12-2/h3H,1-2H3,(H,8,9,10). The summed E-state index contributed by atoms with van der Waals surface area (Å²) in [5.41, 5.74) is -0.558. The minimum Gasteiger partial charge on any atom is -0.465 e. The van der Waals surface area contributed by atoms with Gasteiger partial charge in [0.25, 0.3) is 5.56 Å². The Hall–Kier alpha value is -1.65. The molecule has 1 aromatic heterocycles. The molecule has 0 bridgehead atoms. The number of ether oxygens (including phenoxy) is 1. The van der Waals surface area contributed by atoms with Crippen LogP contribution in [0.25, 0.3) is 0 Å². The zero-order valence-electron chi connectivity index (χ0n) is 6.75. The van der Waals surface area contributed by atoms with Gasteiger partial charge in [0.05, 0.1) is 7.11 Å². The summed E-state index contributed by atoms with van der Waals surface area (Å²) in [6.45, 7) is 1.63. The van der Waals surface area contributed by atoms with Gasteiger partial charge in [0.15, 0.2) is 0 Å². The van der Waals surface area contributed by atoms with E-state index in [0.717, 1.165) is 0 Å². The molecule has 64 valence electrons. The van der Waals surface area contributed by atoms with Gasteiger partial charge in [0.2, 0.25) is 0 Å². The SMILES string of the molecule is COC(=O)c1cnc(C)[nH]c1=O. The van der Waals surface area contributed by atoms with Crippen molar-refractivity contribution in [2.75, 3.05) is 7.11 Å². The Morgan fingerprint density at radius 1 is 1.67 bits per heavy atom. The van der Waals surface area contributed by atoms with Crippen molar-refractivity contribution in [2.24, 2.45) is 0 Å². The molecule has 0 aliphatic heterocycles. The zero-order chi connectivity index (χ0) is 9.14. The van der Waals surface area contributed by atoms with Crippen LogP contribution in [0.4, 0.5) is 0 Å². The lowest BCUT2D eigenvalue weighted by atomic mass is 10.3. The van der Waals surface area contributed by atoms with E-state index in [1.807, 2.05) is 0 Å². The maximum absolute atomic E-state index is 11.0. The van der Waals surface area contributed by atoms with Crippen LogP contribution in [0.3, 0.4) is 0 Å². The molecule has 0 spiro atoms. The first kappa shape index (κ1) is 8.45. The summed E-state index contributed by atoms with van der Waals surface area (Å²) < 4.78 is 4.36. The zero-order valence-corrected chi connectivity index (χ0v) is 6.75. The van der Waals surface area contributed by atoms with Crippen LogP contribution in [-0.4, -0.2) is 23.0 Å². The van der Waals surface area contributed by atoms with Crippen molar-refractivity contribution < 1.29 is 9.53 Å². The van der Waals surface area contributed by atoms with Gasteiger partial charge >= 0.3 is 5.97 Å². The monoisotopic (exact) mass is 168 g/mol. The Morgan fingerprint density at radius 2 is 2.33 bits per heavy atom. The summed E-state index contributed by atoms with van der Waals surface area (Å²) in [5, 5.41) is 0. The second-order valence-electron chi connectivity index (χ2n) is 2.20. The quantitative estimate of drug-likeness (QED) is 0.592. The third-order valence-electron chi connectivity index (χ3n) is 1.33. The van der Waals surface area contributed by atoms with Crippen molar-refractivity contribution in [2.45, 2.75) is 6.92 Å². The number of carbonyl (C=O) groups excluding carboxylic acids is 1. The molecular formula is C7H8N2O3. The van der Waals surface area contributed by atoms with Crippen LogP contribution in [0, 0.1) is 6.92 Å². The molecule has 5 heteroatoms. The van der Waals surface area contributed by atoms with Crippen molar-refractivity contribution in [1.29, 1.82) is 0 Å². The molecule has 0 unspecified atom stereocenters. The van der Waals surface area contributed by atoms with Crippen molar-refractivity contribution in [1.82, 2.24) is 9.97 Å². The lowest BCUT2D eigenvalue weighted by molar-refractivity contribution is 0.0598. The van der Waals surface area contributed by atoms with Gasteiger partial charge in [0.1, 0.15) is 11.4 Å². The smallest absolute Gasteiger partial charge is 0.345 e. The molecule has 0 amide bonds. The van der Waals surface area contributed by atoms with E-state index in [2.05, 4.69) is 14.7 Å². The van der Waals surface area contributed by atoms with Crippen LogP contribution in [0.1, 0.15) is 16.2 Å². The molecule has 0 aromatic carbocycles. The normalized spacial score (nSPS) is 9.50. The lowest BCUT2D eigenvalue weighted by Gasteiger charge is -1.96. The maximum Gasteiger partial charge on any atom is 0.345 e. The number of aromatic amines is 1. The van der Waals surface area contributed by atoms with Crippen LogP contribution in [-0.2, 0) is 4.74 Å². The van der Waals surface area contributed by atoms with Gasteiger partial charge in [-0.2, -0.15) is 0 Å². The second kappa shape index (κ2) is 3.17. The predicted molar refractivity (Wildman–Crippen MR) is 40.9 cm³/mol. The highest BCUT2D eigenvalue weighted by Crippen LogP contribution is 1.90. The van der Waals surface area contributed by atoms with Crippen molar-refractivity contribution in [3.8, 4) is 0 Å². The van der Waals surface area contributed by atoms with E-state index in [1.165, 1.54) is 13.3 Å². The topological polar surface area (TPSA) is 72.0 Å². The Bertz CT molecular complexity index is 356. The van der Waals surface area contributed by atoms with E-state index in [0.29, 0.717) is 5.82 Å². The van der Waals surface area contributed by atoms with Gasteiger partial charge in [-0.05, 0) is 6.92 Å². The molecular weight excluding hydrogens is 160 g/mol. The average Bonchev–Trinajstić information content (AvgIpc) is 2.03. The molecule has 0 fully saturated rings. The maximum atomic E-state index is 11.0. The summed E-state index contributed by atoms with van der Waals surface area (Å²) in [5.74, 6) is -0.212. The van der Waals surface area contributed by atoms with Gasteiger partial charge in [-0.25, -0.2) is 9.78 Å². The lowest BCUT2D eigenvalue weighted by Crippen LogP contribution is -2.20. The first-order chi connectivity index (χ1) is 5.65. The van der Waals surface area contributed by atoms with Gasteiger partial charge in [-0.15, -0.1) is 0 Å². The fourth-order valence-corrected chi connectivity index (χ4v) is 0.739. The third kappa shape index (κ3) is 1.50. The number of aryl methyl sites for hydroxylation is 1. The molecule has 1 heterocycles. The third-order valence-corrected chi connectivity index (χ3v) is 1.33. The average molecular weight is 168 g/mol. The number of nitrogens with zero attached hydrogens (tertiary/aromatic N) is 1. The van der Waals surface area contributed by atoms with Crippen molar-refractivity contribution >= 4 is 5.97 Å². The molecule has 0 saturated carbocycles. The fourth-order valence-electron chi connectivity index (χ4n) is 0.739. The van der Waals surface area contributed by atoms with Crippen LogP contribution in [0.2, 0.25) is 0 Å². The Balaban J connectivity index is 3.19. The van der Waals surface area contributed by atoms with E-state index in [1.54, 1.807) is 6.92 Å². The Labute approximate surface area is 68.4 Å². The predicted octanol–water partition coefficient (Wildman–Crippen LogP) is -0.135. The number of H-pyrrole nitrogens is 1. The number of nitrogens with one attached hydrogen (secondary N) is 1. The molecule has 0 atom stereocenters. The number of carbonyl (C=O) groups is 1. The highest BCUT2D eigenvalue weighted by atomic mass is 16.5. The highest BCUT2D eigenvalue weighted by molar-refractivity contribution is 5.88. The van der Waals surface area contributed by atoms with Crippen molar-refractivity contribution in [3.05, 3.63) is 27.9 Å². The molecule has 0 saturated heterocycles. The van der Waals surface area contributed by atoms with Crippen LogP contribution in [0.15, 0.2) is 11.0 Å². The number of aromatic nitrogens is 2. The number of rotatable bonds is 1. The molecule has 5 nitrogen and oxygen atoms in total. The molecule has 1 aromatic rings. The van der Waals surface area contributed by atoms with Crippen LogP contribution < -0.4 is 5.56 Å². The minimum absolute atomic E-state index is 0.0805. The van der Waals surface area contributed by atoms with E-state index in [9.17, 15) is 9.59 Å². The molecule has 0 aliphatic rings. The van der Waals surface area contributed by atoms with E-state index >= 15 is 0 Å². The molecule has 0 radical (unpaired) electrons. The molecule has 1 N–H and O–H groups in total. The Morgan fingerprint density at radius 3 is 2.83 bits per heavy atom. The Kier molecular flexibility index (Phi) is 2.23. The minimum atomic E-state index is -0.677. The molecule has 0 aliphatic carbocycles. The van der Waals surface area contributed by atoms with Gasteiger partial charge in [0, 0.05) is 6.20 Å². The fraction of sp³-hybridized carbons (Fsp3) is 0.286. The number of methoxy groups -OCH3 is 1.